The number of hydrogen-bond donors (Lipinski definition) is 1. The number of hydrogen-bond acceptors (Lipinski definition) is 5. The lowest BCUT2D eigenvalue weighted by Crippen LogP contribution is -2.04. The molecule has 1 N–H and O–H groups in total. The van der Waals surface area contributed by atoms with E-state index in [9.17, 15) is 4.79 Å². The molecule has 1 aromatic carbocycles. The third-order valence-electron chi connectivity index (χ3n) is 2.80. The number of imidazole rings is 1. The molecule has 21 heavy (non-hydrogen) atoms. The number of thioether (sulfide) groups is 1. The minimum atomic E-state index is -0.876. The summed E-state index contributed by atoms with van der Waals surface area (Å²) in [5.74, 6) is -0.919. The van der Waals surface area contributed by atoms with Crippen LogP contribution >= 0.6 is 34.7 Å². The van der Waals surface area contributed by atoms with Crippen LogP contribution in [0.2, 0.25) is 5.02 Å². The first-order chi connectivity index (χ1) is 10.1. The van der Waals surface area contributed by atoms with Gasteiger partial charge in [-0.3, -0.25) is 4.79 Å². The van der Waals surface area contributed by atoms with Crippen molar-refractivity contribution in [1.82, 2.24) is 14.5 Å². The molecule has 0 saturated heterocycles. The summed E-state index contributed by atoms with van der Waals surface area (Å²) in [6, 6.07) is 5.55. The topological polar surface area (TPSA) is 68.0 Å². The van der Waals surface area contributed by atoms with Gasteiger partial charge in [-0.25, -0.2) is 9.97 Å². The molecular formula is C13H10ClN3O2S2. The van der Waals surface area contributed by atoms with Gasteiger partial charge >= 0.3 is 5.97 Å². The predicted molar refractivity (Wildman–Crippen MR) is 84.3 cm³/mol. The van der Waals surface area contributed by atoms with Gasteiger partial charge in [0.15, 0.2) is 5.16 Å². The molecule has 2 aromatic heterocycles. The lowest BCUT2D eigenvalue weighted by molar-refractivity contribution is -0.133. The SMILES string of the molecule is O=C(O)CSc1nc2c(Cl)cccc2n1Cc1nccs1. The van der Waals surface area contributed by atoms with E-state index in [-0.39, 0.29) is 5.75 Å². The Kier molecular flexibility index (Phi) is 4.14. The van der Waals surface area contributed by atoms with Gasteiger partial charge in [0.05, 0.1) is 22.8 Å². The Morgan fingerprint density at radius 2 is 2.33 bits per heavy atom. The number of rotatable bonds is 5. The third-order valence-corrected chi connectivity index (χ3v) is 4.83. The van der Waals surface area contributed by atoms with E-state index in [1.54, 1.807) is 23.6 Å². The number of carboxylic acids is 1. The van der Waals surface area contributed by atoms with Gasteiger partial charge in [-0.05, 0) is 12.1 Å². The Balaban J connectivity index is 2.06. The molecule has 0 unspecified atom stereocenters. The Hall–Kier alpha value is -1.57. The van der Waals surface area contributed by atoms with Gasteiger partial charge in [-0.15, -0.1) is 11.3 Å². The largest absolute Gasteiger partial charge is 0.481 e. The maximum atomic E-state index is 10.8. The van der Waals surface area contributed by atoms with E-state index >= 15 is 0 Å². The Bertz CT molecular complexity index is 786. The maximum Gasteiger partial charge on any atom is 0.313 e. The van der Waals surface area contributed by atoms with Gasteiger partial charge < -0.3 is 9.67 Å². The molecule has 108 valence electrons. The zero-order valence-electron chi connectivity index (χ0n) is 10.7. The summed E-state index contributed by atoms with van der Waals surface area (Å²) in [7, 11) is 0. The zero-order valence-corrected chi connectivity index (χ0v) is 13.1. The molecule has 2 heterocycles. The van der Waals surface area contributed by atoms with Gasteiger partial charge in [0.2, 0.25) is 0 Å². The summed E-state index contributed by atoms with van der Waals surface area (Å²) in [5.41, 5.74) is 1.56. The van der Waals surface area contributed by atoms with Crippen molar-refractivity contribution < 1.29 is 9.90 Å². The van der Waals surface area contributed by atoms with Gasteiger partial charge in [0, 0.05) is 11.6 Å². The van der Waals surface area contributed by atoms with E-state index in [2.05, 4.69) is 9.97 Å². The van der Waals surface area contributed by atoms with Crippen LogP contribution in [0, 0.1) is 0 Å². The first-order valence-corrected chi connectivity index (χ1v) is 8.27. The van der Waals surface area contributed by atoms with Crippen LogP contribution in [-0.2, 0) is 11.3 Å². The van der Waals surface area contributed by atoms with Crippen LogP contribution in [0.5, 0.6) is 0 Å². The van der Waals surface area contributed by atoms with Crippen molar-refractivity contribution in [3.63, 3.8) is 0 Å². The standard InChI is InChI=1S/C13H10ClN3O2S2/c14-8-2-1-3-9-12(8)16-13(21-7-11(18)19)17(9)6-10-15-4-5-20-10/h1-5H,6-7H2,(H,18,19). The number of carbonyl (C=O) groups is 1. The molecule has 3 aromatic rings. The maximum absolute atomic E-state index is 10.8. The number of benzene rings is 1. The highest BCUT2D eigenvalue weighted by Gasteiger charge is 2.15. The molecule has 0 amide bonds. The van der Waals surface area contributed by atoms with Gasteiger partial charge in [-0.2, -0.15) is 0 Å². The molecule has 8 heteroatoms. The Labute approximate surface area is 133 Å². The van der Waals surface area contributed by atoms with E-state index in [4.69, 9.17) is 16.7 Å². The highest BCUT2D eigenvalue weighted by Crippen LogP contribution is 2.29. The number of nitrogens with zero attached hydrogens (tertiary/aromatic N) is 3. The van der Waals surface area contributed by atoms with Crippen LogP contribution in [0.1, 0.15) is 5.01 Å². The van der Waals surface area contributed by atoms with Crippen molar-refractivity contribution in [1.29, 1.82) is 0 Å². The van der Waals surface area contributed by atoms with E-state index in [1.807, 2.05) is 22.1 Å². The summed E-state index contributed by atoms with van der Waals surface area (Å²) in [4.78, 5) is 19.5. The number of halogens is 1. The summed E-state index contributed by atoms with van der Waals surface area (Å²) in [6.45, 7) is 0.552. The highest BCUT2D eigenvalue weighted by molar-refractivity contribution is 7.99. The first kappa shape index (κ1) is 14.4. The predicted octanol–water partition coefficient (Wildman–Crippen LogP) is 3.37. The quantitative estimate of drug-likeness (QED) is 0.722. The van der Waals surface area contributed by atoms with E-state index in [1.165, 1.54) is 11.8 Å². The van der Waals surface area contributed by atoms with Crippen LogP contribution in [0.25, 0.3) is 11.0 Å². The average Bonchev–Trinajstić information content (AvgIpc) is 3.07. The van der Waals surface area contributed by atoms with E-state index < -0.39 is 5.97 Å². The summed E-state index contributed by atoms with van der Waals surface area (Å²) >= 11 is 8.90. The molecule has 0 saturated carbocycles. The van der Waals surface area contributed by atoms with Crippen LogP contribution in [0.15, 0.2) is 34.9 Å². The van der Waals surface area contributed by atoms with Crippen LogP contribution in [0.4, 0.5) is 0 Å². The van der Waals surface area contributed by atoms with Gasteiger partial charge in [-0.1, -0.05) is 29.4 Å². The molecule has 0 fully saturated rings. The second kappa shape index (κ2) is 6.05. The lowest BCUT2D eigenvalue weighted by Gasteiger charge is -2.06. The van der Waals surface area contributed by atoms with E-state index in [0.717, 1.165) is 10.5 Å². The fourth-order valence-corrected chi connectivity index (χ4v) is 3.49. The average molecular weight is 340 g/mol. The second-order valence-corrected chi connectivity index (χ2v) is 6.53. The molecule has 3 rings (SSSR count). The van der Waals surface area contributed by atoms with Crippen molar-refractivity contribution >= 4 is 51.7 Å². The number of fused-ring (bicyclic) bond motifs is 1. The molecule has 0 aliphatic carbocycles. The smallest absolute Gasteiger partial charge is 0.313 e. The molecule has 0 bridgehead atoms. The van der Waals surface area contributed by atoms with Crippen LogP contribution in [-0.4, -0.2) is 31.4 Å². The zero-order chi connectivity index (χ0) is 14.8. The van der Waals surface area contributed by atoms with Crippen molar-refractivity contribution in [2.75, 3.05) is 5.75 Å². The number of aromatic nitrogens is 3. The molecular weight excluding hydrogens is 330 g/mol. The Morgan fingerprint density at radius 1 is 1.48 bits per heavy atom. The van der Waals surface area contributed by atoms with Crippen molar-refractivity contribution in [2.45, 2.75) is 11.7 Å². The highest BCUT2D eigenvalue weighted by atomic mass is 35.5. The van der Waals surface area contributed by atoms with Crippen molar-refractivity contribution in [2.24, 2.45) is 0 Å². The number of para-hydroxylation sites is 1. The van der Waals surface area contributed by atoms with Gasteiger partial charge in [0.1, 0.15) is 10.5 Å². The fourth-order valence-electron chi connectivity index (χ4n) is 1.95. The van der Waals surface area contributed by atoms with Crippen molar-refractivity contribution in [3.8, 4) is 0 Å². The first-order valence-electron chi connectivity index (χ1n) is 6.03. The molecule has 0 aliphatic rings. The number of thiazole rings is 1. The van der Waals surface area contributed by atoms with Crippen LogP contribution in [0.3, 0.4) is 0 Å². The second-order valence-electron chi connectivity index (χ2n) is 4.20. The molecule has 5 nitrogen and oxygen atoms in total. The van der Waals surface area contributed by atoms with Crippen molar-refractivity contribution in [3.05, 3.63) is 39.8 Å². The summed E-state index contributed by atoms with van der Waals surface area (Å²) in [6.07, 6.45) is 1.75. The minimum Gasteiger partial charge on any atom is -0.481 e. The Morgan fingerprint density at radius 3 is 3.05 bits per heavy atom. The van der Waals surface area contributed by atoms with Crippen LogP contribution < -0.4 is 0 Å². The third kappa shape index (κ3) is 3.04. The summed E-state index contributed by atoms with van der Waals surface area (Å²) < 4.78 is 1.95. The fraction of sp³-hybridized carbons (Fsp3) is 0.154. The minimum absolute atomic E-state index is 0.0428. The molecule has 0 spiro atoms. The molecule has 0 aliphatic heterocycles. The number of carboxylic acid groups (broad SMARTS) is 1. The van der Waals surface area contributed by atoms with E-state index in [0.29, 0.717) is 22.2 Å². The van der Waals surface area contributed by atoms with Gasteiger partial charge in [0.25, 0.3) is 0 Å². The molecule has 0 radical (unpaired) electrons. The monoisotopic (exact) mass is 339 g/mol. The number of aliphatic carboxylic acids is 1. The summed E-state index contributed by atoms with van der Waals surface area (Å²) in [5, 5.41) is 12.9. The lowest BCUT2D eigenvalue weighted by atomic mass is 10.3. The molecule has 0 atom stereocenters. The normalized spacial score (nSPS) is 11.1.